The van der Waals surface area contributed by atoms with Crippen LogP contribution in [0.4, 0.5) is 4.39 Å². The van der Waals surface area contributed by atoms with E-state index in [1.54, 1.807) is 24.5 Å². The van der Waals surface area contributed by atoms with Crippen LogP contribution in [0.2, 0.25) is 0 Å². The number of hydrogen-bond donors (Lipinski definition) is 1. The van der Waals surface area contributed by atoms with Crippen LogP contribution < -0.4 is 5.32 Å². The number of halogens is 2. The van der Waals surface area contributed by atoms with Gasteiger partial charge in [-0.05, 0) is 17.7 Å². The number of rotatable bonds is 4. The summed E-state index contributed by atoms with van der Waals surface area (Å²) >= 11 is 3.11. The van der Waals surface area contributed by atoms with E-state index in [-0.39, 0.29) is 17.1 Å². The number of hydrogen-bond acceptors (Lipinski definition) is 2. The smallest absolute Gasteiger partial charge is 0.231 e. The fraction of sp³-hybridized carbons (Fsp3) is 0.231. The zero-order valence-corrected chi connectivity index (χ0v) is 11.9. The number of nitrogens with zero attached hydrogens (tertiary/aromatic N) is 2. The SMILES string of the molecule is Cn1ccnc1C(NC(=O)CBr)c1ccc(F)cc1. The van der Waals surface area contributed by atoms with Gasteiger partial charge in [0.25, 0.3) is 0 Å². The normalized spacial score (nSPS) is 12.2. The lowest BCUT2D eigenvalue weighted by molar-refractivity contribution is -0.119. The Kier molecular flexibility index (Phi) is 4.31. The average molecular weight is 326 g/mol. The van der Waals surface area contributed by atoms with E-state index in [4.69, 9.17) is 0 Å². The Balaban J connectivity index is 2.37. The van der Waals surface area contributed by atoms with Crippen LogP contribution in [0.3, 0.4) is 0 Å². The molecule has 6 heteroatoms. The number of aromatic nitrogens is 2. The van der Waals surface area contributed by atoms with Gasteiger partial charge in [-0.25, -0.2) is 9.37 Å². The molecule has 1 atom stereocenters. The maximum absolute atomic E-state index is 13.0. The molecule has 100 valence electrons. The molecule has 0 radical (unpaired) electrons. The van der Waals surface area contributed by atoms with Crippen LogP contribution in [0.5, 0.6) is 0 Å². The lowest BCUT2D eigenvalue weighted by Crippen LogP contribution is -2.31. The van der Waals surface area contributed by atoms with Crippen molar-refractivity contribution in [3.05, 3.63) is 53.9 Å². The topological polar surface area (TPSA) is 46.9 Å². The molecule has 1 N–H and O–H groups in total. The second-order valence-corrected chi connectivity index (χ2v) is 4.64. The minimum atomic E-state index is -0.398. The van der Waals surface area contributed by atoms with E-state index in [9.17, 15) is 9.18 Å². The highest BCUT2D eigenvalue weighted by atomic mass is 79.9. The van der Waals surface area contributed by atoms with Gasteiger partial charge in [0.1, 0.15) is 17.7 Å². The van der Waals surface area contributed by atoms with Gasteiger partial charge in [0.05, 0.1) is 5.33 Å². The summed E-state index contributed by atoms with van der Waals surface area (Å²) in [6.45, 7) is 0. The first-order chi connectivity index (χ1) is 9.11. The standard InChI is InChI=1S/C13H13BrFN3O/c1-18-7-6-16-13(18)12(17-11(19)8-14)9-2-4-10(15)5-3-9/h2-7,12H,8H2,1H3,(H,17,19). The van der Waals surface area contributed by atoms with Crippen molar-refractivity contribution in [3.8, 4) is 0 Å². The molecule has 0 saturated heterocycles. The van der Waals surface area contributed by atoms with E-state index >= 15 is 0 Å². The molecule has 2 rings (SSSR count). The number of nitrogens with one attached hydrogen (secondary N) is 1. The Bertz CT molecular complexity index is 568. The van der Waals surface area contributed by atoms with Crippen molar-refractivity contribution in [1.82, 2.24) is 14.9 Å². The fourth-order valence-electron chi connectivity index (χ4n) is 1.81. The average Bonchev–Trinajstić information content (AvgIpc) is 2.83. The quantitative estimate of drug-likeness (QED) is 0.876. The number of imidazole rings is 1. The van der Waals surface area contributed by atoms with Gasteiger partial charge in [0.15, 0.2) is 0 Å². The molecule has 0 aliphatic heterocycles. The Hall–Kier alpha value is -1.69. The lowest BCUT2D eigenvalue weighted by atomic mass is 10.1. The maximum atomic E-state index is 13.0. The van der Waals surface area contributed by atoms with E-state index in [2.05, 4.69) is 26.2 Å². The summed E-state index contributed by atoms with van der Waals surface area (Å²) in [6, 6.07) is 5.62. The minimum Gasteiger partial charge on any atom is -0.341 e. The number of carbonyl (C=O) groups excluding carboxylic acids is 1. The summed E-state index contributed by atoms with van der Waals surface area (Å²) in [5.74, 6) is 0.229. The van der Waals surface area contributed by atoms with Gasteiger partial charge >= 0.3 is 0 Å². The molecule has 1 amide bonds. The molecule has 1 aromatic carbocycles. The molecule has 0 bridgehead atoms. The third kappa shape index (κ3) is 3.20. The molecule has 0 spiro atoms. The molecule has 1 heterocycles. The summed E-state index contributed by atoms with van der Waals surface area (Å²) in [4.78, 5) is 15.8. The van der Waals surface area contributed by atoms with E-state index in [0.717, 1.165) is 5.56 Å². The second-order valence-electron chi connectivity index (χ2n) is 4.08. The molecular formula is C13H13BrFN3O. The fourth-order valence-corrected chi connectivity index (χ4v) is 1.97. The third-order valence-corrected chi connectivity index (χ3v) is 3.26. The Morgan fingerprint density at radius 3 is 2.68 bits per heavy atom. The molecule has 4 nitrogen and oxygen atoms in total. The molecule has 0 saturated carbocycles. The number of carbonyl (C=O) groups is 1. The van der Waals surface area contributed by atoms with E-state index in [1.165, 1.54) is 12.1 Å². The molecule has 19 heavy (non-hydrogen) atoms. The van der Waals surface area contributed by atoms with Crippen LogP contribution in [0, 0.1) is 5.82 Å². The highest BCUT2D eigenvalue weighted by Gasteiger charge is 2.20. The van der Waals surface area contributed by atoms with Gasteiger partial charge in [-0.1, -0.05) is 28.1 Å². The summed E-state index contributed by atoms with van der Waals surface area (Å²) < 4.78 is 14.8. The first-order valence-electron chi connectivity index (χ1n) is 5.70. The monoisotopic (exact) mass is 325 g/mol. The van der Waals surface area contributed by atoms with Crippen molar-refractivity contribution >= 4 is 21.8 Å². The lowest BCUT2D eigenvalue weighted by Gasteiger charge is -2.18. The van der Waals surface area contributed by atoms with Crippen LogP contribution >= 0.6 is 15.9 Å². The van der Waals surface area contributed by atoms with Gasteiger partial charge in [-0.2, -0.15) is 0 Å². The number of aryl methyl sites for hydroxylation is 1. The van der Waals surface area contributed by atoms with Crippen molar-refractivity contribution in [2.75, 3.05) is 5.33 Å². The van der Waals surface area contributed by atoms with Crippen molar-refractivity contribution < 1.29 is 9.18 Å². The summed E-state index contributed by atoms with van der Waals surface area (Å²) in [5, 5.41) is 3.06. The van der Waals surface area contributed by atoms with Crippen LogP contribution in [0.1, 0.15) is 17.4 Å². The number of benzene rings is 1. The number of amides is 1. The molecular weight excluding hydrogens is 313 g/mol. The minimum absolute atomic E-state index is 0.155. The summed E-state index contributed by atoms with van der Waals surface area (Å²) in [5.41, 5.74) is 0.782. The summed E-state index contributed by atoms with van der Waals surface area (Å²) in [7, 11) is 1.85. The van der Waals surface area contributed by atoms with Crippen molar-refractivity contribution in [2.24, 2.45) is 7.05 Å². The zero-order chi connectivity index (χ0) is 13.8. The Morgan fingerprint density at radius 1 is 1.47 bits per heavy atom. The third-order valence-electron chi connectivity index (χ3n) is 2.75. The molecule has 0 fully saturated rings. The highest BCUT2D eigenvalue weighted by Crippen LogP contribution is 2.20. The molecule has 2 aromatic rings. The van der Waals surface area contributed by atoms with Crippen LogP contribution in [0.25, 0.3) is 0 Å². The van der Waals surface area contributed by atoms with Gasteiger partial charge < -0.3 is 9.88 Å². The van der Waals surface area contributed by atoms with Crippen LogP contribution in [0.15, 0.2) is 36.7 Å². The van der Waals surface area contributed by atoms with Gasteiger partial charge in [0, 0.05) is 19.4 Å². The van der Waals surface area contributed by atoms with E-state index in [0.29, 0.717) is 5.82 Å². The van der Waals surface area contributed by atoms with Crippen molar-refractivity contribution in [3.63, 3.8) is 0 Å². The molecule has 0 aliphatic carbocycles. The van der Waals surface area contributed by atoms with Gasteiger partial charge in [-0.3, -0.25) is 4.79 Å². The maximum Gasteiger partial charge on any atom is 0.231 e. The summed E-state index contributed by atoms with van der Waals surface area (Å²) in [6.07, 6.45) is 3.46. The Morgan fingerprint density at radius 2 is 2.16 bits per heavy atom. The Labute approximate surface area is 118 Å². The van der Waals surface area contributed by atoms with Crippen LogP contribution in [-0.2, 0) is 11.8 Å². The first kappa shape index (κ1) is 13.7. The van der Waals surface area contributed by atoms with Crippen molar-refractivity contribution in [2.45, 2.75) is 6.04 Å². The van der Waals surface area contributed by atoms with Crippen LogP contribution in [-0.4, -0.2) is 20.8 Å². The molecule has 1 aromatic heterocycles. The van der Waals surface area contributed by atoms with Gasteiger partial charge in [-0.15, -0.1) is 0 Å². The molecule has 0 aliphatic rings. The second kappa shape index (κ2) is 5.97. The van der Waals surface area contributed by atoms with Crippen molar-refractivity contribution in [1.29, 1.82) is 0 Å². The highest BCUT2D eigenvalue weighted by molar-refractivity contribution is 9.09. The predicted molar refractivity (Wildman–Crippen MR) is 73.4 cm³/mol. The zero-order valence-electron chi connectivity index (χ0n) is 10.3. The molecule has 1 unspecified atom stereocenters. The van der Waals surface area contributed by atoms with Gasteiger partial charge in [0.2, 0.25) is 5.91 Å². The first-order valence-corrected chi connectivity index (χ1v) is 6.82. The largest absolute Gasteiger partial charge is 0.341 e. The number of alkyl halides is 1. The van der Waals surface area contributed by atoms with E-state index in [1.807, 2.05) is 11.6 Å². The predicted octanol–water partition coefficient (Wildman–Crippen LogP) is 2.16. The van der Waals surface area contributed by atoms with E-state index < -0.39 is 6.04 Å².